The summed E-state index contributed by atoms with van der Waals surface area (Å²) in [6, 6.07) is 10.4. The van der Waals surface area contributed by atoms with Crippen molar-refractivity contribution in [2.24, 2.45) is 0 Å². The number of aromatic nitrogens is 2. The van der Waals surface area contributed by atoms with Crippen molar-refractivity contribution in [3.05, 3.63) is 71.7 Å². The number of fused-ring (bicyclic) bond motifs is 3. The number of hydrogen-bond donors (Lipinski definition) is 1. The molecule has 1 aromatic carbocycles. The van der Waals surface area contributed by atoms with E-state index in [4.69, 9.17) is 0 Å². The Balaban J connectivity index is 1.86. The molecule has 0 unspecified atom stereocenters. The molecule has 28 heavy (non-hydrogen) atoms. The van der Waals surface area contributed by atoms with Gasteiger partial charge in [0, 0.05) is 35.9 Å². The third-order valence-corrected chi connectivity index (χ3v) is 4.65. The highest BCUT2D eigenvalue weighted by atomic mass is 19.4. The molecule has 0 saturated carbocycles. The first-order valence-corrected chi connectivity index (χ1v) is 8.51. The number of allylic oxidation sites excluding steroid dienone is 1. The number of nitrogens with one attached hydrogen (secondary N) is 1. The Kier molecular flexibility index (Phi) is 4.26. The van der Waals surface area contributed by atoms with Crippen LogP contribution in [0.25, 0.3) is 16.6 Å². The molecule has 0 spiro atoms. The van der Waals surface area contributed by atoms with Gasteiger partial charge in [-0.1, -0.05) is 18.2 Å². The Labute approximate surface area is 157 Å². The van der Waals surface area contributed by atoms with E-state index in [9.17, 15) is 22.8 Å². The molecule has 3 heterocycles. The fraction of sp³-hybridized carbons (Fsp3) is 0.150. The lowest BCUT2D eigenvalue weighted by Gasteiger charge is -2.30. The molecule has 0 radical (unpaired) electrons. The van der Waals surface area contributed by atoms with E-state index < -0.39 is 17.9 Å². The van der Waals surface area contributed by atoms with Crippen molar-refractivity contribution < 1.29 is 22.8 Å². The van der Waals surface area contributed by atoms with Crippen LogP contribution in [0.5, 0.6) is 0 Å². The molecule has 0 saturated heterocycles. The number of para-hydroxylation sites is 1. The number of carbonyl (C=O) groups is 2. The summed E-state index contributed by atoms with van der Waals surface area (Å²) in [4.78, 5) is 32.7. The highest BCUT2D eigenvalue weighted by molar-refractivity contribution is 6.07. The number of H-pyrrole nitrogens is 1. The molecule has 0 atom stereocenters. The Morgan fingerprint density at radius 1 is 1.14 bits per heavy atom. The molecule has 0 bridgehead atoms. The van der Waals surface area contributed by atoms with Crippen molar-refractivity contribution in [3.8, 4) is 0 Å². The zero-order valence-corrected chi connectivity index (χ0v) is 14.5. The number of carbonyl (C=O) groups excluding carboxylic acids is 2. The van der Waals surface area contributed by atoms with Crippen molar-refractivity contribution in [1.82, 2.24) is 14.9 Å². The summed E-state index contributed by atoms with van der Waals surface area (Å²) in [6.07, 6.45) is -1.26. The van der Waals surface area contributed by atoms with Gasteiger partial charge < -0.3 is 9.88 Å². The molecular weight excluding hydrogens is 371 g/mol. The Morgan fingerprint density at radius 3 is 2.64 bits per heavy atom. The van der Waals surface area contributed by atoms with Crippen molar-refractivity contribution in [3.63, 3.8) is 0 Å². The van der Waals surface area contributed by atoms with Crippen LogP contribution in [0.4, 0.5) is 13.2 Å². The molecule has 1 amide bonds. The second kappa shape index (κ2) is 6.63. The van der Waals surface area contributed by atoms with Crippen LogP contribution in [0.3, 0.4) is 0 Å². The number of amides is 1. The molecule has 2 aromatic heterocycles. The van der Waals surface area contributed by atoms with Gasteiger partial charge in [-0.05, 0) is 30.2 Å². The normalized spacial score (nSPS) is 15.7. The second-order valence-electron chi connectivity index (χ2n) is 6.36. The Hall–Kier alpha value is -3.42. The summed E-state index contributed by atoms with van der Waals surface area (Å²) in [5.74, 6) is -2.53. The lowest BCUT2D eigenvalue weighted by atomic mass is 9.99. The number of hydrogen-bond acceptors (Lipinski definition) is 3. The van der Waals surface area contributed by atoms with E-state index in [0.717, 1.165) is 16.5 Å². The quantitative estimate of drug-likeness (QED) is 0.684. The van der Waals surface area contributed by atoms with E-state index in [1.165, 1.54) is 23.4 Å². The minimum absolute atomic E-state index is 0.0892. The van der Waals surface area contributed by atoms with Crippen LogP contribution in [-0.2, 0) is 11.2 Å². The summed E-state index contributed by atoms with van der Waals surface area (Å²) in [6.45, 7) is 0.152. The fourth-order valence-electron chi connectivity index (χ4n) is 3.37. The average molecular weight is 385 g/mol. The van der Waals surface area contributed by atoms with Gasteiger partial charge in [0.15, 0.2) is 0 Å². The van der Waals surface area contributed by atoms with E-state index >= 15 is 0 Å². The van der Waals surface area contributed by atoms with Gasteiger partial charge in [0.1, 0.15) is 0 Å². The highest BCUT2D eigenvalue weighted by Crippen LogP contribution is 2.35. The summed E-state index contributed by atoms with van der Waals surface area (Å²) in [5.41, 5.74) is 2.00. The minimum Gasteiger partial charge on any atom is -0.353 e. The van der Waals surface area contributed by atoms with E-state index in [1.54, 1.807) is 18.2 Å². The molecule has 142 valence electrons. The SMILES string of the molecule is O=C(c1cccnc1)N1CCc2c([nH]c3ccccc23)/C1=C\C(=O)C(F)(F)F. The summed E-state index contributed by atoms with van der Waals surface area (Å²) in [5, 5.41) is 0.858. The van der Waals surface area contributed by atoms with Crippen LogP contribution >= 0.6 is 0 Å². The molecule has 5 nitrogen and oxygen atoms in total. The van der Waals surface area contributed by atoms with Gasteiger partial charge in [0.25, 0.3) is 11.7 Å². The van der Waals surface area contributed by atoms with E-state index in [1.807, 2.05) is 12.1 Å². The van der Waals surface area contributed by atoms with Crippen molar-refractivity contribution in [1.29, 1.82) is 0 Å². The highest BCUT2D eigenvalue weighted by Gasteiger charge is 2.39. The molecule has 1 aliphatic rings. The molecule has 1 aliphatic heterocycles. The molecule has 3 aromatic rings. The smallest absolute Gasteiger partial charge is 0.353 e. The molecule has 1 N–H and O–H groups in total. The molecule has 0 fully saturated rings. The van der Waals surface area contributed by atoms with Crippen LogP contribution in [0.2, 0.25) is 0 Å². The first-order chi connectivity index (χ1) is 13.4. The number of ketones is 1. The maximum atomic E-state index is 12.9. The van der Waals surface area contributed by atoms with Gasteiger partial charge >= 0.3 is 6.18 Å². The van der Waals surface area contributed by atoms with Crippen LogP contribution in [0, 0.1) is 0 Å². The number of alkyl halides is 3. The third kappa shape index (κ3) is 3.06. The first-order valence-electron chi connectivity index (χ1n) is 8.51. The lowest BCUT2D eigenvalue weighted by molar-refractivity contribution is -0.165. The average Bonchev–Trinajstić information content (AvgIpc) is 3.07. The number of rotatable bonds is 2. The maximum absolute atomic E-state index is 12.9. The molecule has 4 rings (SSSR count). The van der Waals surface area contributed by atoms with Gasteiger partial charge in [-0.25, -0.2) is 0 Å². The largest absolute Gasteiger partial charge is 0.454 e. The van der Waals surface area contributed by atoms with Gasteiger partial charge in [-0.15, -0.1) is 0 Å². The minimum atomic E-state index is -5.03. The van der Waals surface area contributed by atoms with Gasteiger partial charge in [0.2, 0.25) is 0 Å². The second-order valence-corrected chi connectivity index (χ2v) is 6.36. The molecular formula is C20H14F3N3O2. The third-order valence-electron chi connectivity index (χ3n) is 4.65. The van der Waals surface area contributed by atoms with Crippen LogP contribution < -0.4 is 0 Å². The van der Waals surface area contributed by atoms with E-state index in [-0.39, 0.29) is 17.8 Å². The van der Waals surface area contributed by atoms with Crippen LogP contribution in [-0.4, -0.2) is 39.3 Å². The van der Waals surface area contributed by atoms with E-state index in [0.29, 0.717) is 18.2 Å². The fourth-order valence-corrected chi connectivity index (χ4v) is 3.37. The van der Waals surface area contributed by atoms with Crippen molar-refractivity contribution in [2.45, 2.75) is 12.6 Å². The van der Waals surface area contributed by atoms with Crippen molar-refractivity contribution >= 4 is 28.3 Å². The van der Waals surface area contributed by atoms with Crippen molar-refractivity contribution in [2.75, 3.05) is 6.54 Å². The summed E-state index contributed by atoms with van der Waals surface area (Å²) < 4.78 is 38.8. The number of pyridine rings is 1. The van der Waals surface area contributed by atoms with Crippen LogP contribution in [0.1, 0.15) is 21.6 Å². The van der Waals surface area contributed by atoms with Crippen LogP contribution in [0.15, 0.2) is 54.9 Å². The van der Waals surface area contributed by atoms with Gasteiger partial charge in [-0.3, -0.25) is 14.6 Å². The first kappa shape index (κ1) is 18.0. The van der Waals surface area contributed by atoms with Gasteiger partial charge in [-0.2, -0.15) is 13.2 Å². The maximum Gasteiger partial charge on any atom is 0.454 e. The van der Waals surface area contributed by atoms with Gasteiger partial charge in [0.05, 0.1) is 17.0 Å². The molecule has 0 aliphatic carbocycles. The zero-order valence-electron chi connectivity index (χ0n) is 14.5. The number of halogens is 3. The molecule has 8 heteroatoms. The zero-order chi connectivity index (χ0) is 19.9. The number of benzene rings is 1. The predicted molar refractivity (Wildman–Crippen MR) is 96.3 cm³/mol. The summed E-state index contributed by atoms with van der Waals surface area (Å²) >= 11 is 0. The summed E-state index contributed by atoms with van der Waals surface area (Å²) in [7, 11) is 0. The Bertz CT molecular complexity index is 1100. The topological polar surface area (TPSA) is 66.1 Å². The van der Waals surface area contributed by atoms with E-state index in [2.05, 4.69) is 9.97 Å². The number of aromatic amines is 1. The predicted octanol–water partition coefficient (Wildman–Crippen LogP) is 3.73. The monoisotopic (exact) mass is 385 g/mol. The Morgan fingerprint density at radius 2 is 1.93 bits per heavy atom. The number of nitrogens with zero attached hydrogens (tertiary/aromatic N) is 2. The standard InChI is InChI=1S/C20H14F3N3O2/c21-20(22,23)17(27)10-16-18-14(13-5-1-2-6-15(13)25-18)7-9-26(16)19(28)12-4-3-8-24-11-12/h1-6,8,10-11,25H,7,9H2/b16-10+. The lowest BCUT2D eigenvalue weighted by Crippen LogP contribution is -2.36.